The Morgan fingerprint density at radius 2 is 2.00 bits per heavy atom. The highest BCUT2D eigenvalue weighted by Gasteiger charge is 2.36. The molecule has 2 aliphatic rings. The SMILES string of the molecule is CCC(CNCC(C)C)N1CC2CCCN2CC1C. The van der Waals surface area contributed by atoms with Crippen molar-refractivity contribution in [2.75, 3.05) is 32.7 Å². The molecule has 0 aromatic carbocycles. The lowest BCUT2D eigenvalue weighted by Gasteiger charge is -2.46. The molecule has 0 aromatic rings. The van der Waals surface area contributed by atoms with E-state index in [4.69, 9.17) is 0 Å². The van der Waals surface area contributed by atoms with E-state index in [-0.39, 0.29) is 0 Å². The van der Waals surface area contributed by atoms with Crippen LogP contribution in [0, 0.1) is 5.92 Å². The van der Waals surface area contributed by atoms with Crippen molar-refractivity contribution in [1.29, 1.82) is 0 Å². The molecule has 0 spiro atoms. The summed E-state index contributed by atoms with van der Waals surface area (Å²) in [5, 5.41) is 3.66. The number of rotatable bonds is 6. The van der Waals surface area contributed by atoms with Gasteiger partial charge in [-0.05, 0) is 45.2 Å². The number of hydrogen-bond acceptors (Lipinski definition) is 3. The predicted octanol–water partition coefficient (Wildman–Crippen LogP) is 2.18. The van der Waals surface area contributed by atoms with Crippen LogP contribution in [0.5, 0.6) is 0 Å². The highest BCUT2D eigenvalue weighted by molar-refractivity contribution is 4.93. The summed E-state index contributed by atoms with van der Waals surface area (Å²) >= 11 is 0. The fourth-order valence-corrected chi connectivity index (χ4v) is 3.75. The average Bonchev–Trinajstić information content (AvgIpc) is 2.80. The van der Waals surface area contributed by atoms with Gasteiger partial charge in [-0.15, -0.1) is 0 Å². The molecular weight excluding hydrogens is 234 g/mol. The maximum absolute atomic E-state index is 3.66. The van der Waals surface area contributed by atoms with Gasteiger partial charge in [0.25, 0.3) is 0 Å². The lowest BCUT2D eigenvalue weighted by molar-refractivity contribution is 0.0264. The molecule has 2 aliphatic heterocycles. The van der Waals surface area contributed by atoms with Crippen LogP contribution in [0.15, 0.2) is 0 Å². The summed E-state index contributed by atoms with van der Waals surface area (Å²) < 4.78 is 0. The van der Waals surface area contributed by atoms with Crippen LogP contribution >= 0.6 is 0 Å². The molecule has 2 heterocycles. The summed E-state index contributed by atoms with van der Waals surface area (Å²) in [6.07, 6.45) is 4.09. The molecule has 3 atom stereocenters. The summed E-state index contributed by atoms with van der Waals surface area (Å²) in [5.41, 5.74) is 0. The number of nitrogens with one attached hydrogen (secondary N) is 1. The summed E-state index contributed by atoms with van der Waals surface area (Å²) in [4.78, 5) is 5.50. The van der Waals surface area contributed by atoms with Gasteiger partial charge in [-0.2, -0.15) is 0 Å². The molecule has 0 aliphatic carbocycles. The van der Waals surface area contributed by atoms with Crippen LogP contribution in [0.1, 0.15) is 47.0 Å². The molecule has 19 heavy (non-hydrogen) atoms. The van der Waals surface area contributed by atoms with Crippen molar-refractivity contribution in [1.82, 2.24) is 15.1 Å². The van der Waals surface area contributed by atoms with Crippen LogP contribution in [0.4, 0.5) is 0 Å². The van der Waals surface area contributed by atoms with Gasteiger partial charge in [0.2, 0.25) is 0 Å². The zero-order valence-corrected chi connectivity index (χ0v) is 13.4. The molecule has 3 unspecified atom stereocenters. The highest BCUT2D eigenvalue weighted by atomic mass is 15.3. The summed E-state index contributed by atoms with van der Waals surface area (Å²) in [7, 11) is 0. The monoisotopic (exact) mass is 267 g/mol. The standard InChI is InChI=1S/C16H33N3/c1-5-15(10-17-9-13(2)3)19-12-16-7-6-8-18(16)11-14(19)4/h13-17H,5-12H2,1-4H3. The van der Waals surface area contributed by atoms with Gasteiger partial charge >= 0.3 is 0 Å². The van der Waals surface area contributed by atoms with E-state index in [0.29, 0.717) is 0 Å². The zero-order valence-electron chi connectivity index (χ0n) is 13.4. The lowest BCUT2D eigenvalue weighted by Crippen LogP contribution is -2.59. The van der Waals surface area contributed by atoms with Crippen molar-refractivity contribution in [3.63, 3.8) is 0 Å². The van der Waals surface area contributed by atoms with Gasteiger partial charge in [-0.25, -0.2) is 0 Å². The van der Waals surface area contributed by atoms with Crippen molar-refractivity contribution < 1.29 is 0 Å². The Bertz CT molecular complexity index is 267. The number of hydrogen-bond donors (Lipinski definition) is 1. The Labute approximate surface area is 119 Å². The second kappa shape index (κ2) is 7.05. The third-order valence-corrected chi connectivity index (χ3v) is 4.86. The van der Waals surface area contributed by atoms with Crippen LogP contribution in [0.25, 0.3) is 0 Å². The van der Waals surface area contributed by atoms with Crippen molar-refractivity contribution >= 4 is 0 Å². The molecule has 2 rings (SSSR count). The summed E-state index contributed by atoms with van der Waals surface area (Å²) in [5.74, 6) is 0.751. The van der Waals surface area contributed by atoms with Crippen LogP contribution < -0.4 is 5.32 Å². The highest BCUT2D eigenvalue weighted by Crippen LogP contribution is 2.26. The van der Waals surface area contributed by atoms with Gasteiger partial charge in [-0.1, -0.05) is 20.8 Å². The molecular formula is C16H33N3. The molecule has 3 nitrogen and oxygen atoms in total. The maximum atomic E-state index is 3.66. The minimum Gasteiger partial charge on any atom is -0.315 e. The molecule has 2 saturated heterocycles. The van der Waals surface area contributed by atoms with Crippen LogP contribution in [-0.4, -0.2) is 60.6 Å². The fraction of sp³-hybridized carbons (Fsp3) is 1.00. The van der Waals surface area contributed by atoms with E-state index in [1.807, 2.05) is 0 Å². The fourth-order valence-electron chi connectivity index (χ4n) is 3.75. The number of fused-ring (bicyclic) bond motifs is 1. The van der Waals surface area contributed by atoms with E-state index in [9.17, 15) is 0 Å². The van der Waals surface area contributed by atoms with Gasteiger partial charge in [-0.3, -0.25) is 9.80 Å². The van der Waals surface area contributed by atoms with Gasteiger partial charge in [0.15, 0.2) is 0 Å². The molecule has 0 amide bonds. The first-order chi connectivity index (χ1) is 9.11. The Hall–Kier alpha value is -0.120. The van der Waals surface area contributed by atoms with Crippen molar-refractivity contribution in [2.24, 2.45) is 5.92 Å². The molecule has 1 N–H and O–H groups in total. The van der Waals surface area contributed by atoms with E-state index < -0.39 is 0 Å². The topological polar surface area (TPSA) is 18.5 Å². The summed E-state index contributed by atoms with van der Waals surface area (Å²) in [6.45, 7) is 15.6. The first-order valence-electron chi connectivity index (χ1n) is 8.32. The zero-order chi connectivity index (χ0) is 13.8. The molecule has 112 valence electrons. The first-order valence-corrected chi connectivity index (χ1v) is 8.32. The van der Waals surface area contributed by atoms with Crippen molar-refractivity contribution in [3.8, 4) is 0 Å². The maximum Gasteiger partial charge on any atom is 0.0224 e. The molecule has 0 aromatic heterocycles. The van der Waals surface area contributed by atoms with Gasteiger partial charge < -0.3 is 5.32 Å². The van der Waals surface area contributed by atoms with E-state index in [1.54, 1.807) is 0 Å². The number of nitrogens with zero attached hydrogens (tertiary/aromatic N) is 2. The Kier molecular flexibility index (Phi) is 5.67. The minimum atomic E-state index is 0.719. The molecule has 3 heteroatoms. The van der Waals surface area contributed by atoms with E-state index >= 15 is 0 Å². The molecule has 2 fully saturated rings. The molecule has 0 bridgehead atoms. The first kappa shape index (κ1) is 15.3. The van der Waals surface area contributed by atoms with Crippen LogP contribution in [-0.2, 0) is 0 Å². The smallest absolute Gasteiger partial charge is 0.0224 e. The quantitative estimate of drug-likeness (QED) is 0.796. The minimum absolute atomic E-state index is 0.719. The van der Waals surface area contributed by atoms with Crippen LogP contribution in [0.3, 0.4) is 0 Å². The molecule has 0 saturated carbocycles. The normalized spacial score (nSPS) is 30.8. The third-order valence-electron chi connectivity index (χ3n) is 4.86. The summed E-state index contributed by atoms with van der Waals surface area (Å²) in [6, 6.07) is 2.28. The Balaban J connectivity index is 1.86. The van der Waals surface area contributed by atoms with E-state index in [1.165, 1.54) is 38.9 Å². The second-order valence-electron chi connectivity index (χ2n) is 6.95. The van der Waals surface area contributed by atoms with Gasteiger partial charge in [0, 0.05) is 37.8 Å². The predicted molar refractivity (Wildman–Crippen MR) is 82.5 cm³/mol. The Morgan fingerprint density at radius 3 is 2.68 bits per heavy atom. The second-order valence-corrected chi connectivity index (χ2v) is 6.95. The van der Waals surface area contributed by atoms with E-state index in [0.717, 1.165) is 37.1 Å². The van der Waals surface area contributed by atoms with Gasteiger partial charge in [0.1, 0.15) is 0 Å². The third kappa shape index (κ3) is 3.93. The van der Waals surface area contributed by atoms with E-state index in [2.05, 4.69) is 42.8 Å². The molecule has 0 radical (unpaired) electrons. The van der Waals surface area contributed by atoms with Gasteiger partial charge in [0.05, 0.1) is 0 Å². The van der Waals surface area contributed by atoms with Crippen molar-refractivity contribution in [2.45, 2.75) is 65.1 Å². The lowest BCUT2D eigenvalue weighted by atomic mass is 10.0. The van der Waals surface area contributed by atoms with Crippen molar-refractivity contribution in [3.05, 3.63) is 0 Å². The number of piperazine rings is 1. The largest absolute Gasteiger partial charge is 0.315 e. The average molecular weight is 267 g/mol. The van der Waals surface area contributed by atoms with Crippen LogP contribution in [0.2, 0.25) is 0 Å². The Morgan fingerprint density at radius 1 is 1.21 bits per heavy atom.